The summed E-state index contributed by atoms with van der Waals surface area (Å²) in [5.41, 5.74) is 33.5. The molecule has 1 unspecified atom stereocenters. The molecule has 6 aliphatic rings. The number of hydrogen-bond acceptors (Lipinski definition) is 5. The Balaban J connectivity index is 0.969. The fraction of sp³-hybridized carbons (Fsp3) is 0.145. The van der Waals surface area contributed by atoms with Crippen molar-refractivity contribution in [3.05, 3.63) is 426 Å². The van der Waals surface area contributed by atoms with Gasteiger partial charge in [0.2, 0.25) is 0 Å². The lowest BCUT2D eigenvalue weighted by atomic mass is 9.33. The van der Waals surface area contributed by atoms with Gasteiger partial charge in [-0.05, 0) is 235 Å². The van der Waals surface area contributed by atoms with Crippen molar-refractivity contribution in [3.63, 3.8) is 0 Å². The molecule has 0 amide bonds. The molecule has 1 atom stereocenters. The van der Waals surface area contributed by atoms with Crippen LogP contribution in [0.25, 0.3) is 44.5 Å². The number of ether oxygens (including phenoxy) is 2. The van der Waals surface area contributed by atoms with E-state index < -0.39 is 0 Å². The first-order valence-corrected chi connectivity index (χ1v) is 41.4. The predicted molar refractivity (Wildman–Crippen MR) is 490 cm³/mol. The van der Waals surface area contributed by atoms with Gasteiger partial charge in [-0.25, -0.2) is 0 Å². The number of para-hydroxylation sites is 3. The van der Waals surface area contributed by atoms with Gasteiger partial charge in [-0.2, -0.15) is 0 Å². The van der Waals surface area contributed by atoms with E-state index in [2.05, 4.69) is 426 Å². The van der Waals surface area contributed by atoms with Crippen LogP contribution < -0.4 is 40.6 Å². The lowest BCUT2D eigenvalue weighted by Gasteiger charge is -2.47. The lowest BCUT2D eigenvalue weighted by Crippen LogP contribution is -2.62. The molecule has 6 heteroatoms. The molecule has 2 aliphatic heterocycles. The summed E-state index contributed by atoms with van der Waals surface area (Å²) in [5.74, 6) is 3.16. The molecule has 0 radical (unpaired) electrons. The summed E-state index contributed by atoms with van der Waals surface area (Å²) in [6, 6.07) is 117. The molecular formula is C110H94BN3O2. The fourth-order valence-corrected chi connectivity index (χ4v) is 18.2. The van der Waals surface area contributed by atoms with E-state index in [0.29, 0.717) is 0 Å². The minimum atomic E-state index is -0.336. The molecule has 0 fully saturated rings. The van der Waals surface area contributed by atoms with Gasteiger partial charge >= 0.3 is 0 Å². The van der Waals surface area contributed by atoms with Gasteiger partial charge in [0.15, 0.2) is 0 Å². The Morgan fingerprint density at radius 2 is 0.914 bits per heavy atom. The first-order chi connectivity index (χ1) is 56.8. The van der Waals surface area contributed by atoms with E-state index in [0.717, 1.165) is 158 Å². The molecular weight excluding hydrogens is 1410 g/mol. The number of allylic oxidation sites excluding steroid dienone is 15. The normalized spacial score (nSPS) is 15.6. The van der Waals surface area contributed by atoms with Crippen molar-refractivity contribution in [2.45, 2.75) is 103 Å². The van der Waals surface area contributed by atoms with Crippen molar-refractivity contribution in [1.29, 1.82) is 0 Å². The lowest BCUT2D eigenvalue weighted by molar-refractivity contribution is 0.482. The smallest absolute Gasteiger partial charge is 0.252 e. The first-order valence-electron chi connectivity index (χ1n) is 41.4. The van der Waals surface area contributed by atoms with E-state index in [4.69, 9.17) is 9.47 Å². The maximum Gasteiger partial charge on any atom is 0.252 e. The Bertz CT molecular complexity index is 6110. The second-order valence-electron chi connectivity index (χ2n) is 33.6. The third kappa shape index (κ3) is 14.3. The maximum atomic E-state index is 7.20. The van der Waals surface area contributed by atoms with Crippen molar-refractivity contribution in [2.24, 2.45) is 0 Å². The topological polar surface area (TPSA) is 28.2 Å². The standard InChI is InChI=1S/C110H94BN3O2/c1-109(2,3)87-55-59-89(60-56-87)112(90-61-57-88(58-62-90)110(4,5)6)91-71-104-106-105(72-91)114(108-98(85-45-27-41-81(69-85)77-35-17-9-18-36-77)53-30-54-99(108)86-46-28-42-82(70-86)78-37-19-10-20-38-78)103-74-95(116-93-49-23-12-24-50-93)64-66-101(103)111(106)100-65-63-94(115-92-47-21-11-22-48-92)73-102(100)113(104)107-96(83-43-25-39-79(67-83)75-31-13-7-14-32-75)51-29-52-97(107)84-44-26-40-80(68-84)76-33-15-8-16-34-76/h7-9,11-19,21-26,28,30-40,42-51,53-67,69-74,80H,10,20,27,29,41,52,68H2,1-6H3. The van der Waals surface area contributed by atoms with Crippen LogP contribution >= 0.6 is 0 Å². The third-order valence-electron chi connectivity index (χ3n) is 24.0. The second kappa shape index (κ2) is 31.0. The average molecular weight is 1500 g/mol. The highest BCUT2D eigenvalue weighted by atomic mass is 16.5. The number of benzene rings is 13. The summed E-state index contributed by atoms with van der Waals surface area (Å²) in [6.07, 6.45) is 28.1. The molecule has 19 rings (SSSR count). The predicted octanol–water partition coefficient (Wildman–Crippen LogP) is 28.2. The summed E-state index contributed by atoms with van der Waals surface area (Å²) in [5, 5.41) is 0. The van der Waals surface area contributed by atoms with Gasteiger partial charge in [0.1, 0.15) is 23.0 Å². The Kier molecular flexibility index (Phi) is 19.5. The molecule has 0 saturated heterocycles. The molecule has 0 spiro atoms. The third-order valence-corrected chi connectivity index (χ3v) is 24.0. The zero-order valence-electron chi connectivity index (χ0n) is 67.0. The van der Waals surface area contributed by atoms with E-state index in [9.17, 15) is 0 Å². The second-order valence-corrected chi connectivity index (χ2v) is 33.6. The van der Waals surface area contributed by atoms with Crippen LogP contribution in [0.15, 0.2) is 387 Å². The van der Waals surface area contributed by atoms with Crippen molar-refractivity contribution in [1.82, 2.24) is 0 Å². The van der Waals surface area contributed by atoms with Gasteiger partial charge in [-0.1, -0.05) is 315 Å². The van der Waals surface area contributed by atoms with Crippen molar-refractivity contribution in [3.8, 4) is 45.3 Å². The highest BCUT2D eigenvalue weighted by molar-refractivity contribution is 7.00. The van der Waals surface area contributed by atoms with Crippen LogP contribution in [0.3, 0.4) is 0 Å². The summed E-state index contributed by atoms with van der Waals surface area (Å²) in [4.78, 5) is 7.94. The van der Waals surface area contributed by atoms with Crippen LogP contribution in [0.5, 0.6) is 23.0 Å². The molecule has 13 aromatic carbocycles. The van der Waals surface area contributed by atoms with Gasteiger partial charge < -0.3 is 24.2 Å². The van der Waals surface area contributed by atoms with E-state index >= 15 is 0 Å². The Morgan fingerprint density at radius 1 is 0.388 bits per heavy atom. The first kappa shape index (κ1) is 73.0. The number of fused-ring (bicyclic) bond motifs is 4. The molecule has 0 bridgehead atoms. The van der Waals surface area contributed by atoms with E-state index in [1.54, 1.807) is 0 Å². The molecule has 5 nitrogen and oxygen atoms in total. The van der Waals surface area contributed by atoms with Crippen LogP contribution in [-0.2, 0) is 10.8 Å². The summed E-state index contributed by atoms with van der Waals surface area (Å²) in [7, 11) is 0. The van der Waals surface area contributed by atoms with Crippen LogP contribution in [0.1, 0.15) is 131 Å². The molecule has 4 aliphatic carbocycles. The van der Waals surface area contributed by atoms with Crippen LogP contribution in [0, 0.1) is 0 Å². The molecule has 13 aromatic rings. The summed E-state index contributed by atoms with van der Waals surface area (Å²) in [6.45, 7) is 13.5. The highest BCUT2D eigenvalue weighted by Gasteiger charge is 2.47. The average Bonchev–Trinajstić information content (AvgIpc) is 0.686. The van der Waals surface area contributed by atoms with Gasteiger partial charge in [-0.3, -0.25) is 0 Å². The zero-order valence-corrected chi connectivity index (χ0v) is 67.0. The number of anilines is 8. The molecule has 0 aromatic heterocycles. The van der Waals surface area contributed by atoms with Crippen LogP contribution in [0.4, 0.5) is 45.5 Å². The SMILES string of the molecule is CC(C)(C)c1ccc(N(c2ccc(C(C)(C)C)cc2)c2cc3c4c(c2)N(c2c(C5=CCCC(c6ccccc6)=C5)cccc2-c2cccc(C5=CCCC=C5)c2)c2cc(Oc5ccccc5)ccc2B4c2ccc(Oc4ccccc4)cc2N3C2=C(C3=CC=CC(c4ccccc4)C3)CCC=C2c2cccc(-c3ccccc3)c2)cc1. The fourth-order valence-electron chi connectivity index (χ4n) is 18.2. The number of nitrogens with zero attached hydrogens (tertiary/aromatic N) is 3. The molecule has 2 heterocycles. The van der Waals surface area contributed by atoms with E-state index in [-0.39, 0.29) is 23.5 Å². The highest BCUT2D eigenvalue weighted by Crippen LogP contribution is 2.56. The minimum absolute atomic E-state index is 0.0991. The van der Waals surface area contributed by atoms with Gasteiger partial charge in [-0.15, -0.1) is 0 Å². The van der Waals surface area contributed by atoms with Gasteiger partial charge in [0.05, 0.1) is 17.1 Å². The maximum absolute atomic E-state index is 7.20. The largest absolute Gasteiger partial charge is 0.457 e. The molecule has 116 heavy (non-hydrogen) atoms. The Hall–Kier alpha value is -13.2. The van der Waals surface area contributed by atoms with Gasteiger partial charge in [0, 0.05) is 68.9 Å². The minimum Gasteiger partial charge on any atom is -0.457 e. The number of rotatable bonds is 17. The number of hydrogen-bond donors (Lipinski definition) is 0. The molecule has 564 valence electrons. The molecule has 0 N–H and O–H groups in total. The monoisotopic (exact) mass is 1500 g/mol. The van der Waals surface area contributed by atoms with Crippen molar-refractivity contribution in [2.75, 3.05) is 14.7 Å². The summed E-state index contributed by atoms with van der Waals surface area (Å²) < 4.78 is 14.4. The molecule has 0 saturated carbocycles. The quantitative estimate of drug-likeness (QED) is 0.0847. The van der Waals surface area contributed by atoms with E-state index in [1.165, 1.54) is 72.3 Å². The van der Waals surface area contributed by atoms with E-state index in [1.807, 2.05) is 0 Å². The van der Waals surface area contributed by atoms with Crippen LogP contribution in [0.2, 0.25) is 0 Å². The van der Waals surface area contributed by atoms with Gasteiger partial charge in [0.25, 0.3) is 6.71 Å². The van der Waals surface area contributed by atoms with Crippen molar-refractivity contribution >= 4 is 90.9 Å². The summed E-state index contributed by atoms with van der Waals surface area (Å²) >= 11 is 0. The van der Waals surface area contributed by atoms with Crippen LogP contribution in [-0.4, -0.2) is 6.71 Å². The Morgan fingerprint density at radius 3 is 1.53 bits per heavy atom. The zero-order chi connectivity index (χ0) is 78.4. The van der Waals surface area contributed by atoms with Crippen molar-refractivity contribution < 1.29 is 9.47 Å². The Labute approximate surface area is 685 Å².